The lowest BCUT2D eigenvalue weighted by atomic mass is 10.0. The van der Waals surface area contributed by atoms with E-state index >= 15 is 0 Å². The molecule has 1 unspecified atom stereocenters. The number of hydrogen-bond donors (Lipinski definition) is 1. The van der Waals surface area contributed by atoms with E-state index in [-0.39, 0.29) is 29.0 Å². The van der Waals surface area contributed by atoms with Gasteiger partial charge in [-0.15, -0.1) is 0 Å². The molecule has 0 amide bonds. The maximum atomic E-state index is 11.0. The zero-order valence-corrected chi connectivity index (χ0v) is 11.5. The number of benzene rings is 1. The molecule has 110 valence electrons. The quantitative estimate of drug-likeness (QED) is 0.608. The lowest BCUT2D eigenvalue weighted by Gasteiger charge is -2.22. The van der Waals surface area contributed by atoms with Gasteiger partial charge in [0.25, 0.3) is 11.4 Å². The van der Waals surface area contributed by atoms with Crippen LogP contribution in [0, 0.1) is 26.1 Å². The molecule has 8 heteroatoms. The van der Waals surface area contributed by atoms with Crippen LogP contribution in [-0.4, -0.2) is 29.6 Å². The van der Waals surface area contributed by atoms with E-state index in [1.54, 1.807) is 7.11 Å². The molecule has 0 aliphatic heterocycles. The topological polar surface area (TPSA) is 108 Å². The first-order valence-electron chi connectivity index (χ1n) is 6.05. The third-order valence-electron chi connectivity index (χ3n) is 2.88. The Hall–Kier alpha value is -2.22. The summed E-state index contributed by atoms with van der Waals surface area (Å²) in [7, 11) is 1.54. The molecule has 1 N–H and O–H groups in total. The fraction of sp³-hybridized carbons (Fsp3) is 0.500. The molecule has 0 radical (unpaired) electrons. The monoisotopic (exact) mass is 283 g/mol. The van der Waals surface area contributed by atoms with Crippen LogP contribution in [0.3, 0.4) is 0 Å². The van der Waals surface area contributed by atoms with E-state index in [1.165, 1.54) is 12.1 Å². The highest BCUT2D eigenvalue weighted by atomic mass is 16.6. The summed E-state index contributed by atoms with van der Waals surface area (Å²) in [6.07, 6.45) is 0. The highest BCUT2D eigenvalue weighted by Gasteiger charge is 2.22. The van der Waals surface area contributed by atoms with Crippen LogP contribution in [0.4, 0.5) is 17.1 Å². The highest BCUT2D eigenvalue weighted by Crippen LogP contribution is 2.30. The second-order valence-electron chi connectivity index (χ2n) is 4.67. The summed E-state index contributed by atoms with van der Waals surface area (Å²) in [4.78, 5) is 20.4. The molecule has 0 saturated carbocycles. The van der Waals surface area contributed by atoms with Crippen molar-refractivity contribution < 1.29 is 14.6 Å². The molecule has 0 spiro atoms. The standard InChI is InChI=1S/C12H17N3O5/c1-8(2)11(7-20-3)13-10-5-4-9(14(16)17)6-12(10)15(18)19/h4-6,8,11,13H,7H2,1-3H3. The Morgan fingerprint density at radius 1 is 1.25 bits per heavy atom. The van der Waals surface area contributed by atoms with Crippen LogP contribution in [0.25, 0.3) is 0 Å². The van der Waals surface area contributed by atoms with Crippen molar-refractivity contribution in [2.24, 2.45) is 5.92 Å². The molecule has 1 aromatic rings. The first-order chi connectivity index (χ1) is 9.36. The number of anilines is 1. The Labute approximate surface area is 116 Å². The molecular weight excluding hydrogens is 266 g/mol. The third-order valence-corrected chi connectivity index (χ3v) is 2.88. The van der Waals surface area contributed by atoms with Gasteiger partial charge < -0.3 is 10.1 Å². The van der Waals surface area contributed by atoms with Gasteiger partial charge in [-0.25, -0.2) is 0 Å². The van der Waals surface area contributed by atoms with Crippen molar-refractivity contribution in [1.29, 1.82) is 0 Å². The van der Waals surface area contributed by atoms with Crippen molar-refractivity contribution in [3.63, 3.8) is 0 Å². The second kappa shape index (κ2) is 6.80. The predicted molar refractivity (Wildman–Crippen MR) is 73.9 cm³/mol. The molecule has 20 heavy (non-hydrogen) atoms. The molecule has 0 saturated heterocycles. The number of rotatable bonds is 7. The summed E-state index contributed by atoms with van der Waals surface area (Å²) in [5, 5.41) is 24.7. The molecule has 0 aliphatic carbocycles. The average Bonchev–Trinajstić information content (AvgIpc) is 2.37. The predicted octanol–water partition coefficient (Wildman–Crippen LogP) is 2.59. The SMILES string of the molecule is COCC(Nc1ccc([N+](=O)[O-])cc1[N+](=O)[O-])C(C)C. The summed E-state index contributed by atoms with van der Waals surface area (Å²) < 4.78 is 5.06. The minimum Gasteiger partial charge on any atom is -0.383 e. The number of nitro benzene ring substituents is 2. The van der Waals surface area contributed by atoms with E-state index in [4.69, 9.17) is 4.74 Å². The van der Waals surface area contributed by atoms with Crippen LogP contribution >= 0.6 is 0 Å². The van der Waals surface area contributed by atoms with Gasteiger partial charge >= 0.3 is 0 Å². The van der Waals surface area contributed by atoms with Crippen molar-refractivity contribution >= 4 is 17.1 Å². The molecule has 1 aromatic carbocycles. The Morgan fingerprint density at radius 3 is 2.35 bits per heavy atom. The van der Waals surface area contributed by atoms with Crippen molar-refractivity contribution in [1.82, 2.24) is 0 Å². The fourth-order valence-electron chi connectivity index (χ4n) is 1.69. The largest absolute Gasteiger partial charge is 0.383 e. The Bertz CT molecular complexity index is 504. The van der Waals surface area contributed by atoms with E-state index in [1.807, 2.05) is 13.8 Å². The molecule has 1 rings (SSSR count). The first kappa shape index (κ1) is 15.8. The number of nitrogens with zero attached hydrogens (tertiary/aromatic N) is 2. The lowest BCUT2D eigenvalue weighted by molar-refractivity contribution is -0.393. The molecule has 1 atom stereocenters. The van der Waals surface area contributed by atoms with Gasteiger partial charge in [-0.1, -0.05) is 13.8 Å². The molecule has 8 nitrogen and oxygen atoms in total. The normalized spacial score (nSPS) is 12.2. The summed E-state index contributed by atoms with van der Waals surface area (Å²) in [6, 6.07) is 3.41. The molecule has 0 aromatic heterocycles. The van der Waals surface area contributed by atoms with Crippen molar-refractivity contribution in [2.45, 2.75) is 19.9 Å². The summed E-state index contributed by atoms with van der Waals surface area (Å²) in [5.41, 5.74) is -0.382. The van der Waals surface area contributed by atoms with Gasteiger partial charge in [0.15, 0.2) is 0 Å². The van der Waals surface area contributed by atoms with Crippen molar-refractivity contribution in [3.05, 3.63) is 38.4 Å². The fourth-order valence-corrected chi connectivity index (χ4v) is 1.69. The van der Waals surface area contributed by atoms with E-state index in [0.717, 1.165) is 6.07 Å². The zero-order chi connectivity index (χ0) is 15.3. The zero-order valence-electron chi connectivity index (χ0n) is 11.5. The Morgan fingerprint density at radius 2 is 1.90 bits per heavy atom. The number of nitrogens with one attached hydrogen (secondary N) is 1. The van der Waals surface area contributed by atoms with Crippen LogP contribution in [0.5, 0.6) is 0 Å². The smallest absolute Gasteiger partial charge is 0.299 e. The highest BCUT2D eigenvalue weighted by molar-refractivity contribution is 5.65. The third kappa shape index (κ3) is 3.89. The van der Waals surface area contributed by atoms with Crippen LogP contribution in [-0.2, 0) is 4.74 Å². The number of nitro groups is 2. The number of hydrogen-bond acceptors (Lipinski definition) is 6. The van der Waals surface area contributed by atoms with Gasteiger partial charge in [-0.2, -0.15) is 0 Å². The van der Waals surface area contributed by atoms with E-state index < -0.39 is 9.85 Å². The lowest BCUT2D eigenvalue weighted by Crippen LogP contribution is -2.30. The molecular formula is C12H17N3O5. The number of methoxy groups -OCH3 is 1. The summed E-state index contributed by atoms with van der Waals surface area (Å²) in [5.74, 6) is 0.185. The van der Waals surface area contributed by atoms with Crippen LogP contribution < -0.4 is 5.32 Å². The minimum atomic E-state index is -0.661. The van der Waals surface area contributed by atoms with Gasteiger partial charge in [-0.05, 0) is 12.0 Å². The minimum absolute atomic E-state index is 0.125. The molecule has 0 heterocycles. The van der Waals surface area contributed by atoms with Gasteiger partial charge in [-0.3, -0.25) is 20.2 Å². The molecule has 0 fully saturated rings. The van der Waals surface area contributed by atoms with E-state index in [0.29, 0.717) is 6.61 Å². The van der Waals surface area contributed by atoms with Crippen LogP contribution in [0.1, 0.15) is 13.8 Å². The molecule has 0 aliphatic rings. The van der Waals surface area contributed by atoms with E-state index in [2.05, 4.69) is 5.32 Å². The Kier molecular flexibility index (Phi) is 5.39. The summed E-state index contributed by atoms with van der Waals surface area (Å²) in [6.45, 7) is 4.29. The van der Waals surface area contributed by atoms with Gasteiger partial charge in [0.2, 0.25) is 0 Å². The number of non-ortho nitro benzene ring substituents is 1. The molecule has 0 bridgehead atoms. The maximum absolute atomic E-state index is 11.0. The van der Waals surface area contributed by atoms with Gasteiger partial charge in [0, 0.05) is 13.2 Å². The van der Waals surface area contributed by atoms with Crippen LogP contribution in [0.2, 0.25) is 0 Å². The van der Waals surface area contributed by atoms with Gasteiger partial charge in [0.05, 0.1) is 28.6 Å². The number of ether oxygens (including phenoxy) is 1. The van der Waals surface area contributed by atoms with Crippen LogP contribution in [0.15, 0.2) is 18.2 Å². The van der Waals surface area contributed by atoms with E-state index in [9.17, 15) is 20.2 Å². The van der Waals surface area contributed by atoms with Crippen molar-refractivity contribution in [2.75, 3.05) is 19.0 Å². The maximum Gasteiger partial charge on any atom is 0.299 e. The van der Waals surface area contributed by atoms with Gasteiger partial charge in [0.1, 0.15) is 5.69 Å². The second-order valence-corrected chi connectivity index (χ2v) is 4.67. The Balaban J connectivity index is 3.10. The van der Waals surface area contributed by atoms with Crippen molar-refractivity contribution in [3.8, 4) is 0 Å². The average molecular weight is 283 g/mol. The summed E-state index contributed by atoms with van der Waals surface area (Å²) >= 11 is 0. The first-order valence-corrected chi connectivity index (χ1v) is 6.05.